The van der Waals surface area contributed by atoms with Crippen LogP contribution in [0.1, 0.15) is 16.1 Å². The first-order valence-corrected chi connectivity index (χ1v) is 6.41. The van der Waals surface area contributed by atoms with Gasteiger partial charge in [0, 0.05) is 10.0 Å². The van der Waals surface area contributed by atoms with E-state index in [-0.39, 0.29) is 17.2 Å². The van der Waals surface area contributed by atoms with Crippen molar-refractivity contribution in [3.05, 3.63) is 39.7 Å². The second-order valence-electron chi connectivity index (χ2n) is 4.01. The summed E-state index contributed by atoms with van der Waals surface area (Å²) >= 11 is 3.30. The highest BCUT2D eigenvalue weighted by atomic mass is 79.9. The monoisotopic (exact) mass is 339 g/mol. The fraction of sp³-hybridized carbons (Fsp3) is 0.154. The highest BCUT2D eigenvalue weighted by Crippen LogP contribution is 2.28. The average molecular weight is 340 g/mol. The molecule has 0 spiro atoms. The first kappa shape index (κ1) is 14.4. The van der Waals surface area contributed by atoms with Crippen molar-refractivity contribution in [2.45, 2.75) is 6.92 Å². The van der Waals surface area contributed by atoms with Crippen molar-refractivity contribution in [3.8, 4) is 11.4 Å². The van der Waals surface area contributed by atoms with Crippen LogP contribution in [0.2, 0.25) is 0 Å². The Kier molecular flexibility index (Phi) is 3.99. The number of nitrogens with two attached hydrogens (primary N) is 1. The molecule has 7 heteroatoms. The molecule has 20 heavy (non-hydrogen) atoms. The number of benzene rings is 1. The van der Waals surface area contributed by atoms with Gasteiger partial charge in [-0.15, -0.1) is 0 Å². The minimum atomic E-state index is -0.607. The van der Waals surface area contributed by atoms with Gasteiger partial charge in [-0.05, 0) is 25.1 Å². The fourth-order valence-electron chi connectivity index (χ4n) is 1.74. The van der Waals surface area contributed by atoms with Crippen molar-refractivity contribution in [3.63, 3.8) is 0 Å². The molecule has 0 aliphatic heterocycles. The number of rotatable bonds is 2. The molecule has 5 nitrogen and oxygen atoms in total. The Balaban J connectivity index is 2.61. The van der Waals surface area contributed by atoms with E-state index < -0.39 is 11.8 Å². The molecule has 2 aromatic rings. The van der Waals surface area contributed by atoms with Gasteiger partial charge in [-0.2, -0.15) is 0 Å². The SMILES string of the molecule is COC(=O)c1c(C)nc(-c2cc(F)ccc2Br)nc1N. The summed E-state index contributed by atoms with van der Waals surface area (Å²) < 4.78 is 18.6. The van der Waals surface area contributed by atoms with E-state index in [1.54, 1.807) is 13.0 Å². The van der Waals surface area contributed by atoms with Gasteiger partial charge in [0.2, 0.25) is 0 Å². The number of carbonyl (C=O) groups is 1. The third-order valence-corrected chi connectivity index (χ3v) is 3.37. The predicted molar refractivity (Wildman–Crippen MR) is 75.6 cm³/mol. The van der Waals surface area contributed by atoms with Crippen molar-refractivity contribution in [1.29, 1.82) is 0 Å². The molecule has 104 valence electrons. The highest BCUT2D eigenvalue weighted by molar-refractivity contribution is 9.10. The van der Waals surface area contributed by atoms with E-state index in [0.29, 0.717) is 15.7 Å². The quantitative estimate of drug-likeness (QED) is 0.851. The second kappa shape index (κ2) is 5.54. The van der Waals surface area contributed by atoms with Crippen molar-refractivity contribution >= 4 is 27.7 Å². The van der Waals surface area contributed by atoms with E-state index in [4.69, 9.17) is 5.73 Å². The fourth-order valence-corrected chi connectivity index (χ4v) is 2.16. The minimum absolute atomic E-state index is 0.00416. The zero-order chi connectivity index (χ0) is 14.9. The van der Waals surface area contributed by atoms with E-state index in [1.165, 1.54) is 19.2 Å². The van der Waals surface area contributed by atoms with Crippen LogP contribution in [0, 0.1) is 12.7 Å². The number of esters is 1. The van der Waals surface area contributed by atoms with Gasteiger partial charge in [-0.25, -0.2) is 19.2 Å². The summed E-state index contributed by atoms with van der Waals surface area (Å²) in [6.07, 6.45) is 0. The molecule has 1 aromatic heterocycles. The third-order valence-electron chi connectivity index (χ3n) is 2.68. The smallest absolute Gasteiger partial charge is 0.343 e. The standard InChI is InChI=1S/C13H11BrFN3O2/c1-6-10(13(19)20-2)11(16)18-12(17-6)8-5-7(15)3-4-9(8)14/h3-5H,1-2H3,(H2,16,17,18). The number of anilines is 1. The summed E-state index contributed by atoms with van der Waals surface area (Å²) in [5.74, 6) is -0.792. The first-order valence-electron chi connectivity index (χ1n) is 5.62. The Morgan fingerprint density at radius 2 is 2.10 bits per heavy atom. The van der Waals surface area contributed by atoms with Crippen LogP contribution in [0.25, 0.3) is 11.4 Å². The molecule has 1 aromatic carbocycles. The molecule has 0 aliphatic rings. The molecule has 0 amide bonds. The number of halogens is 2. The Hall–Kier alpha value is -2.02. The molecule has 0 fully saturated rings. The van der Waals surface area contributed by atoms with Crippen LogP contribution in [-0.4, -0.2) is 23.0 Å². The van der Waals surface area contributed by atoms with E-state index in [0.717, 1.165) is 0 Å². The van der Waals surface area contributed by atoms with E-state index >= 15 is 0 Å². The predicted octanol–water partition coefficient (Wildman–Crippen LogP) is 2.72. The zero-order valence-corrected chi connectivity index (χ0v) is 12.4. The number of ether oxygens (including phenoxy) is 1. The van der Waals surface area contributed by atoms with Crippen molar-refractivity contribution in [2.75, 3.05) is 12.8 Å². The lowest BCUT2D eigenvalue weighted by Gasteiger charge is -2.10. The lowest BCUT2D eigenvalue weighted by Crippen LogP contribution is -2.12. The number of carbonyl (C=O) groups excluding carboxylic acids is 1. The molecule has 2 N–H and O–H groups in total. The molecule has 0 saturated heterocycles. The Bertz CT molecular complexity index is 668. The molecule has 0 unspecified atom stereocenters. The number of hydrogen-bond donors (Lipinski definition) is 1. The van der Waals surface area contributed by atoms with Crippen molar-refractivity contribution in [2.24, 2.45) is 0 Å². The first-order chi connectivity index (χ1) is 9.43. The number of methoxy groups -OCH3 is 1. The molecule has 0 aliphatic carbocycles. The normalized spacial score (nSPS) is 10.4. The van der Waals surface area contributed by atoms with E-state index in [2.05, 4.69) is 30.6 Å². The van der Waals surface area contributed by atoms with E-state index in [9.17, 15) is 9.18 Å². The van der Waals surface area contributed by atoms with Gasteiger partial charge in [-0.3, -0.25) is 0 Å². The Labute approximate surface area is 123 Å². The maximum Gasteiger partial charge on any atom is 0.343 e. The molecular weight excluding hydrogens is 329 g/mol. The van der Waals surface area contributed by atoms with Crippen LogP contribution in [0.15, 0.2) is 22.7 Å². The number of nitrogen functional groups attached to an aromatic ring is 1. The van der Waals surface area contributed by atoms with Gasteiger partial charge in [-0.1, -0.05) is 15.9 Å². The summed E-state index contributed by atoms with van der Waals surface area (Å²) in [6, 6.07) is 4.15. The van der Waals surface area contributed by atoms with Crippen LogP contribution in [-0.2, 0) is 4.74 Å². The maximum absolute atomic E-state index is 13.3. The minimum Gasteiger partial charge on any atom is -0.465 e. The van der Waals surface area contributed by atoms with Gasteiger partial charge in [0.15, 0.2) is 5.82 Å². The molecule has 1 heterocycles. The summed E-state index contributed by atoms with van der Waals surface area (Å²) in [7, 11) is 1.25. The van der Waals surface area contributed by atoms with Gasteiger partial charge in [0.25, 0.3) is 0 Å². The molecule has 0 saturated carbocycles. The van der Waals surface area contributed by atoms with E-state index in [1.807, 2.05) is 0 Å². The van der Waals surface area contributed by atoms with Gasteiger partial charge in [0.05, 0.1) is 12.8 Å². The zero-order valence-electron chi connectivity index (χ0n) is 10.8. The number of aromatic nitrogens is 2. The van der Waals surface area contributed by atoms with Crippen molar-refractivity contribution < 1.29 is 13.9 Å². The Morgan fingerprint density at radius 3 is 2.70 bits per heavy atom. The molecule has 0 bridgehead atoms. The van der Waals surface area contributed by atoms with Gasteiger partial charge < -0.3 is 10.5 Å². The molecule has 2 rings (SSSR count). The lowest BCUT2D eigenvalue weighted by molar-refractivity contribution is 0.0600. The molecular formula is C13H11BrFN3O2. The topological polar surface area (TPSA) is 78.1 Å². The largest absolute Gasteiger partial charge is 0.465 e. The number of aryl methyl sites for hydroxylation is 1. The third kappa shape index (κ3) is 2.62. The average Bonchev–Trinajstić information content (AvgIpc) is 2.40. The number of nitrogens with zero attached hydrogens (tertiary/aromatic N) is 2. The van der Waals surface area contributed by atoms with Crippen LogP contribution in [0.4, 0.5) is 10.2 Å². The summed E-state index contributed by atoms with van der Waals surface area (Å²) in [5.41, 5.74) is 6.70. The Morgan fingerprint density at radius 1 is 1.40 bits per heavy atom. The lowest BCUT2D eigenvalue weighted by atomic mass is 10.1. The van der Waals surface area contributed by atoms with Crippen LogP contribution < -0.4 is 5.73 Å². The highest BCUT2D eigenvalue weighted by Gasteiger charge is 2.19. The maximum atomic E-state index is 13.3. The van der Waals surface area contributed by atoms with Gasteiger partial charge >= 0.3 is 5.97 Å². The molecule has 0 radical (unpaired) electrons. The van der Waals surface area contributed by atoms with Gasteiger partial charge in [0.1, 0.15) is 17.2 Å². The van der Waals surface area contributed by atoms with Crippen LogP contribution in [0.3, 0.4) is 0 Å². The van der Waals surface area contributed by atoms with Crippen LogP contribution in [0.5, 0.6) is 0 Å². The van der Waals surface area contributed by atoms with Crippen molar-refractivity contribution in [1.82, 2.24) is 9.97 Å². The second-order valence-corrected chi connectivity index (χ2v) is 4.86. The molecule has 0 atom stereocenters. The van der Waals surface area contributed by atoms with Crippen LogP contribution >= 0.6 is 15.9 Å². The summed E-state index contributed by atoms with van der Waals surface area (Å²) in [6.45, 7) is 1.61. The summed E-state index contributed by atoms with van der Waals surface area (Å²) in [5, 5.41) is 0. The summed E-state index contributed by atoms with van der Waals surface area (Å²) in [4.78, 5) is 19.8. The number of hydrogen-bond acceptors (Lipinski definition) is 5.